The minimum atomic E-state index is 0.0262. The number of nitrogens with one attached hydrogen (secondary N) is 1. The monoisotopic (exact) mass is 335 g/mol. The molecule has 3 rings (SSSR count). The number of amides is 1. The molecule has 1 amide bonds. The molecule has 0 saturated heterocycles. The normalized spacial score (nSPS) is 15.5. The number of carbonyl (C=O) groups is 1. The molecule has 1 heterocycles. The van der Waals surface area contributed by atoms with E-state index in [1.807, 2.05) is 42.1 Å². The Kier molecular flexibility index (Phi) is 4.74. The van der Waals surface area contributed by atoms with E-state index >= 15 is 0 Å². The number of benzene rings is 1. The van der Waals surface area contributed by atoms with Crippen LogP contribution in [0.5, 0.6) is 0 Å². The van der Waals surface area contributed by atoms with Gasteiger partial charge in [0.25, 0.3) is 0 Å². The molecule has 2 aromatic rings. The predicted molar refractivity (Wildman–Crippen MR) is 89.0 cm³/mol. The van der Waals surface area contributed by atoms with Crippen molar-refractivity contribution in [2.45, 2.75) is 23.8 Å². The Balaban J connectivity index is 1.58. The van der Waals surface area contributed by atoms with Crippen LogP contribution in [-0.4, -0.2) is 21.2 Å². The molecule has 22 heavy (non-hydrogen) atoms. The van der Waals surface area contributed by atoms with Crippen LogP contribution < -0.4 is 5.32 Å². The van der Waals surface area contributed by atoms with Gasteiger partial charge in [-0.05, 0) is 43.0 Å². The van der Waals surface area contributed by atoms with Crippen LogP contribution in [0.4, 0.5) is 0 Å². The van der Waals surface area contributed by atoms with Crippen molar-refractivity contribution in [1.82, 2.24) is 14.9 Å². The van der Waals surface area contributed by atoms with Crippen LogP contribution in [0.1, 0.15) is 24.7 Å². The molecule has 0 spiro atoms. The quantitative estimate of drug-likeness (QED) is 0.823. The second-order valence-corrected chi connectivity index (χ2v) is 7.01. The zero-order chi connectivity index (χ0) is 15.5. The third-order valence-electron chi connectivity index (χ3n) is 3.73. The Labute approximate surface area is 139 Å². The number of imidazole rings is 1. The highest BCUT2D eigenvalue weighted by atomic mass is 35.5. The van der Waals surface area contributed by atoms with Gasteiger partial charge in [0.1, 0.15) is 5.82 Å². The number of aryl methyl sites for hydroxylation is 1. The fourth-order valence-electron chi connectivity index (χ4n) is 2.39. The third-order valence-corrected chi connectivity index (χ3v) is 4.99. The fourth-order valence-corrected chi connectivity index (χ4v) is 3.23. The van der Waals surface area contributed by atoms with E-state index in [0.29, 0.717) is 16.7 Å². The summed E-state index contributed by atoms with van der Waals surface area (Å²) in [5.74, 6) is 1.90. The summed E-state index contributed by atoms with van der Waals surface area (Å²) in [4.78, 5) is 17.7. The molecule has 6 heteroatoms. The molecule has 116 valence electrons. The highest BCUT2D eigenvalue weighted by Crippen LogP contribution is 2.40. The summed E-state index contributed by atoms with van der Waals surface area (Å²) >= 11 is 7.37. The van der Waals surface area contributed by atoms with Crippen molar-refractivity contribution in [3.8, 4) is 0 Å². The smallest absolute Gasteiger partial charge is 0.230 e. The topological polar surface area (TPSA) is 46.9 Å². The molecule has 1 saturated carbocycles. The Hall–Kier alpha value is -1.46. The maximum Gasteiger partial charge on any atom is 0.230 e. The number of nitrogens with zero attached hydrogens (tertiary/aromatic N) is 2. The molecule has 0 bridgehead atoms. The molecule has 1 atom stereocenters. The maximum atomic E-state index is 12.2. The van der Waals surface area contributed by atoms with Crippen LogP contribution in [0.25, 0.3) is 0 Å². The highest BCUT2D eigenvalue weighted by molar-refractivity contribution is 8.00. The lowest BCUT2D eigenvalue weighted by Crippen LogP contribution is -2.32. The van der Waals surface area contributed by atoms with Gasteiger partial charge in [-0.25, -0.2) is 4.98 Å². The first-order chi connectivity index (χ1) is 10.6. The summed E-state index contributed by atoms with van der Waals surface area (Å²) < 4.78 is 1.98. The minimum Gasteiger partial charge on any atom is -0.345 e. The van der Waals surface area contributed by atoms with E-state index < -0.39 is 0 Å². The van der Waals surface area contributed by atoms with Crippen molar-refractivity contribution in [3.05, 3.63) is 47.5 Å². The summed E-state index contributed by atoms with van der Waals surface area (Å²) in [5, 5.41) is 3.84. The maximum absolute atomic E-state index is 12.2. The van der Waals surface area contributed by atoms with Gasteiger partial charge in [0.05, 0.1) is 11.8 Å². The van der Waals surface area contributed by atoms with E-state index in [-0.39, 0.29) is 11.9 Å². The van der Waals surface area contributed by atoms with Crippen molar-refractivity contribution in [2.24, 2.45) is 13.0 Å². The van der Waals surface area contributed by atoms with Gasteiger partial charge >= 0.3 is 0 Å². The molecule has 1 unspecified atom stereocenters. The third kappa shape index (κ3) is 3.84. The molecule has 0 aliphatic heterocycles. The number of hydrogen-bond donors (Lipinski definition) is 1. The number of carbonyl (C=O) groups excluding carboxylic acids is 1. The van der Waals surface area contributed by atoms with Gasteiger partial charge in [-0.15, -0.1) is 11.8 Å². The first-order valence-corrected chi connectivity index (χ1v) is 8.65. The zero-order valence-electron chi connectivity index (χ0n) is 12.3. The fraction of sp³-hybridized carbons (Fsp3) is 0.375. The highest BCUT2D eigenvalue weighted by Gasteiger charge is 2.35. The van der Waals surface area contributed by atoms with Crippen LogP contribution in [0.3, 0.4) is 0 Å². The van der Waals surface area contributed by atoms with E-state index in [1.54, 1.807) is 6.20 Å². The van der Waals surface area contributed by atoms with Crippen molar-refractivity contribution in [3.63, 3.8) is 0 Å². The van der Waals surface area contributed by atoms with Gasteiger partial charge in [-0.2, -0.15) is 0 Å². The second-order valence-electron chi connectivity index (χ2n) is 5.52. The summed E-state index contributed by atoms with van der Waals surface area (Å²) in [6.07, 6.45) is 6.00. The van der Waals surface area contributed by atoms with Crippen LogP contribution in [0.15, 0.2) is 41.6 Å². The number of rotatable bonds is 6. The number of aromatic nitrogens is 2. The molecule has 1 aliphatic rings. The molecule has 4 nitrogen and oxygen atoms in total. The van der Waals surface area contributed by atoms with Gasteiger partial charge in [0.2, 0.25) is 5.91 Å². The summed E-state index contributed by atoms with van der Waals surface area (Å²) in [6.45, 7) is 0. The number of hydrogen-bond acceptors (Lipinski definition) is 3. The van der Waals surface area contributed by atoms with E-state index in [9.17, 15) is 4.79 Å². The van der Waals surface area contributed by atoms with E-state index in [0.717, 1.165) is 23.6 Å². The lowest BCUT2D eigenvalue weighted by atomic mass is 10.1. The van der Waals surface area contributed by atoms with Gasteiger partial charge in [0, 0.05) is 29.4 Å². The molecule has 1 aliphatic carbocycles. The van der Waals surface area contributed by atoms with Crippen LogP contribution in [-0.2, 0) is 11.8 Å². The van der Waals surface area contributed by atoms with Gasteiger partial charge in [-0.1, -0.05) is 11.6 Å². The molecule has 1 N–H and O–H groups in total. The van der Waals surface area contributed by atoms with Crippen molar-refractivity contribution < 1.29 is 4.79 Å². The Morgan fingerprint density at radius 3 is 2.77 bits per heavy atom. The van der Waals surface area contributed by atoms with Crippen molar-refractivity contribution in [2.75, 3.05) is 5.75 Å². The average Bonchev–Trinajstić information content (AvgIpc) is 3.26. The molecule has 1 aromatic carbocycles. The standard InChI is InChI=1S/C16H18ClN3OS/c1-20-9-8-18-16(20)15(11-2-3-11)19-14(21)10-22-13-6-4-12(17)5-7-13/h4-9,11,15H,2-3,10H2,1H3,(H,19,21). The van der Waals surface area contributed by atoms with Crippen LogP contribution in [0, 0.1) is 5.92 Å². The number of thioether (sulfide) groups is 1. The lowest BCUT2D eigenvalue weighted by molar-refractivity contribution is -0.119. The first-order valence-electron chi connectivity index (χ1n) is 7.28. The van der Waals surface area contributed by atoms with Gasteiger partial charge in [-0.3, -0.25) is 4.79 Å². The Morgan fingerprint density at radius 1 is 1.45 bits per heavy atom. The lowest BCUT2D eigenvalue weighted by Gasteiger charge is -2.18. The van der Waals surface area contributed by atoms with Gasteiger partial charge in [0.15, 0.2) is 0 Å². The average molecular weight is 336 g/mol. The Morgan fingerprint density at radius 2 is 2.18 bits per heavy atom. The van der Waals surface area contributed by atoms with Crippen LogP contribution >= 0.6 is 23.4 Å². The van der Waals surface area contributed by atoms with E-state index in [2.05, 4.69) is 10.3 Å². The molecular weight excluding hydrogens is 318 g/mol. The first kappa shape index (κ1) is 15.4. The molecule has 1 fully saturated rings. The van der Waals surface area contributed by atoms with E-state index in [4.69, 9.17) is 11.6 Å². The summed E-state index contributed by atoms with van der Waals surface area (Å²) in [7, 11) is 1.96. The van der Waals surface area contributed by atoms with Crippen LogP contribution in [0.2, 0.25) is 5.02 Å². The van der Waals surface area contributed by atoms with E-state index in [1.165, 1.54) is 11.8 Å². The minimum absolute atomic E-state index is 0.0262. The van der Waals surface area contributed by atoms with Gasteiger partial charge < -0.3 is 9.88 Å². The molecule has 0 radical (unpaired) electrons. The Bertz CT molecular complexity index is 652. The van der Waals surface area contributed by atoms with Crippen molar-refractivity contribution in [1.29, 1.82) is 0 Å². The predicted octanol–water partition coefficient (Wildman–Crippen LogP) is 3.43. The number of halogens is 1. The SMILES string of the molecule is Cn1ccnc1C(NC(=O)CSc1ccc(Cl)cc1)C1CC1. The molecular formula is C16H18ClN3OS. The molecule has 1 aromatic heterocycles. The summed E-state index contributed by atoms with van der Waals surface area (Å²) in [5.41, 5.74) is 0. The largest absolute Gasteiger partial charge is 0.345 e. The van der Waals surface area contributed by atoms with Crippen molar-refractivity contribution >= 4 is 29.3 Å². The second kappa shape index (κ2) is 6.75. The zero-order valence-corrected chi connectivity index (χ0v) is 13.9. The summed E-state index contributed by atoms with van der Waals surface area (Å²) in [6, 6.07) is 7.55.